The molecule has 4 aromatic rings. The lowest BCUT2D eigenvalue weighted by Crippen LogP contribution is -2.32. The molecule has 1 amide bonds. The van der Waals surface area contributed by atoms with Gasteiger partial charge < -0.3 is 15.4 Å². The van der Waals surface area contributed by atoms with E-state index in [0.717, 1.165) is 11.1 Å². The minimum Gasteiger partial charge on any atom is -0.494 e. The van der Waals surface area contributed by atoms with Crippen LogP contribution in [0.2, 0.25) is 0 Å². The summed E-state index contributed by atoms with van der Waals surface area (Å²) in [6.07, 6.45) is 1.64. The van der Waals surface area contributed by atoms with E-state index >= 15 is 0 Å². The molecule has 0 radical (unpaired) electrons. The number of nitrogens with zero attached hydrogens (tertiary/aromatic N) is 4. The van der Waals surface area contributed by atoms with Crippen LogP contribution in [0.25, 0.3) is 11.4 Å². The van der Waals surface area contributed by atoms with Crippen molar-refractivity contribution in [3.8, 4) is 17.1 Å². The molecule has 34 heavy (non-hydrogen) atoms. The summed E-state index contributed by atoms with van der Waals surface area (Å²) in [5, 5.41) is 11.0. The van der Waals surface area contributed by atoms with Gasteiger partial charge in [0.25, 0.3) is 5.91 Å². The number of nitrogens with one attached hydrogen (secondary N) is 2. The maximum Gasteiger partial charge on any atom is 0.257 e. The second kappa shape index (κ2) is 9.19. The maximum atomic E-state index is 13.6. The SMILES string of the molecule is CCOc1ccccc1C1C(C(=O)Nc2ccccn2)=C(C)Nc2nc(-c3ccccc3)nn21. The molecule has 5 rings (SSSR count). The van der Waals surface area contributed by atoms with Crippen LogP contribution in [0, 0.1) is 0 Å². The number of fused-ring (bicyclic) bond motifs is 1. The van der Waals surface area contributed by atoms with Crippen LogP contribution in [0.3, 0.4) is 0 Å². The molecule has 0 bridgehead atoms. The Morgan fingerprint density at radius 3 is 2.59 bits per heavy atom. The molecule has 2 aromatic carbocycles. The Balaban J connectivity index is 1.64. The van der Waals surface area contributed by atoms with Gasteiger partial charge in [0.2, 0.25) is 5.95 Å². The zero-order valence-corrected chi connectivity index (χ0v) is 18.9. The van der Waals surface area contributed by atoms with Gasteiger partial charge >= 0.3 is 0 Å². The first-order valence-electron chi connectivity index (χ1n) is 11.1. The van der Waals surface area contributed by atoms with Gasteiger partial charge in [-0.25, -0.2) is 9.67 Å². The smallest absolute Gasteiger partial charge is 0.257 e. The summed E-state index contributed by atoms with van der Waals surface area (Å²) in [5.74, 6) is 2.01. The second-order valence-electron chi connectivity index (χ2n) is 7.78. The third-order valence-electron chi connectivity index (χ3n) is 5.55. The molecule has 0 spiro atoms. The van der Waals surface area contributed by atoms with Gasteiger partial charge in [-0.15, -0.1) is 5.10 Å². The molecule has 2 aromatic heterocycles. The third kappa shape index (κ3) is 4.01. The van der Waals surface area contributed by atoms with E-state index in [0.29, 0.717) is 41.2 Å². The van der Waals surface area contributed by atoms with Crippen molar-refractivity contribution in [2.24, 2.45) is 0 Å². The number of benzene rings is 2. The number of anilines is 2. The Morgan fingerprint density at radius 1 is 1.06 bits per heavy atom. The van der Waals surface area contributed by atoms with Crippen LogP contribution in [0.15, 0.2) is 90.3 Å². The number of aromatic nitrogens is 4. The Bertz CT molecular complexity index is 1350. The second-order valence-corrected chi connectivity index (χ2v) is 7.78. The third-order valence-corrected chi connectivity index (χ3v) is 5.55. The van der Waals surface area contributed by atoms with Crippen molar-refractivity contribution < 1.29 is 9.53 Å². The molecule has 170 valence electrons. The van der Waals surface area contributed by atoms with E-state index in [1.54, 1.807) is 23.0 Å². The zero-order chi connectivity index (χ0) is 23.5. The molecule has 0 saturated carbocycles. The molecule has 2 N–H and O–H groups in total. The molecule has 1 atom stereocenters. The van der Waals surface area contributed by atoms with Gasteiger partial charge in [0.15, 0.2) is 5.82 Å². The van der Waals surface area contributed by atoms with E-state index < -0.39 is 6.04 Å². The number of hydrogen-bond donors (Lipinski definition) is 2. The van der Waals surface area contributed by atoms with Crippen molar-refractivity contribution >= 4 is 17.7 Å². The van der Waals surface area contributed by atoms with Gasteiger partial charge in [-0.1, -0.05) is 54.6 Å². The summed E-state index contributed by atoms with van der Waals surface area (Å²) in [7, 11) is 0. The average Bonchev–Trinajstić information content (AvgIpc) is 3.28. The maximum absolute atomic E-state index is 13.6. The van der Waals surface area contributed by atoms with Crippen molar-refractivity contribution in [3.05, 3.63) is 95.8 Å². The van der Waals surface area contributed by atoms with Crippen LogP contribution in [-0.2, 0) is 4.79 Å². The molecule has 0 aliphatic carbocycles. The predicted octanol–water partition coefficient (Wildman–Crippen LogP) is 4.67. The Kier molecular flexibility index (Phi) is 5.78. The minimum absolute atomic E-state index is 0.276. The van der Waals surface area contributed by atoms with E-state index in [2.05, 4.69) is 15.6 Å². The predicted molar refractivity (Wildman–Crippen MR) is 130 cm³/mol. The van der Waals surface area contributed by atoms with Crippen molar-refractivity contribution in [2.75, 3.05) is 17.2 Å². The van der Waals surface area contributed by atoms with Crippen molar-refractivity contribution in [3.63, 3.8) is 0 Å². The molecular weight excluding hydrogens is 428 g/mol. The number of ether oxygens (including phenoxy) is 1. The topological polar surface area (TPSA) is 94.0 Å². The van der Waals surface area contributed by atoms with Crippen LogP contribution in [0.4, 0.5) is 11.8 Å². The van der Waals surface area contributed by atoms with E-state index in [-0.39, 0.29) is 5.91 Å². The number of rotatable bonds is 6. The quantitative estimate of drug-likeness (QED) is 0.442. The summed E-state index contributed by atoms with van der Waals surface area (Å²) in [6, 6.07) is 22.3. The first-order chi connectivity index (χ1) is 16.7. The molecule has 0 saturated heterocycles. The van der Waals surface area contributed by atoms with Gasteiger partial charge in [-0.3, -0.25) is 4.79 Å². The molecular formula is C26H24N6O2. The van der Waals surface area contributed by atoms with Crippen LogP contribution in [-0.4, -0.2) is 32.3 Å². The number of amides is 1. The minimum atomic E-state index is -0.548. The Labute approximate surface area is 197 Å². The number of pyridine rings is 1. The van der Waals surface area contributed by atoms with E-state index in [4.69, 9.17) is 14.8 Å². The molecule has 1 aliphatic heterocycles. The number of carbonyl (C=O) groups is 1. The summed E-state index contributed by atoms with van der Waals surface area (Å²) in [4.78, 5) is 22.5. The summed E-state index contributed by atoms with van der Waals surface area (Å²) in [6.45, 7) is 4.30. The number of hydrogen-bond acceptors (Lipinski definition) is 6. The highest BCUT2D eigenvalue weighted by Crippen LogP contribution is 2.40. The first kappa shape index (κ1) is 21.4. The van der Waals surface area contributed by atoms with E-state index in [1.807, 2.05) is 74.5 Å². The lowest BCUT2D eigenvalue weighted by Gasteiger charge is -2.29. The van der Waals surface area contributed by atoms with E-state index in [9.17, 15) is 4.79 Å². The standard InChI is InChI=1S/C26H24N6O2/c1-3-34-20-14-8-7-13-19(20)23-22(25(33)29-21-15-9-10-16-27-21)17(2)28-26-30-24(31-32(23)26)18-11-5-4-6-12-18/h4-16,23H,3H2,1-2H3,(H,27,29,33)(H,28,30,31). The fraction of sp³-hybridized carbons (Fsp3) is 0.154. The first-order valence-corrected chi connectivity index (χ1v) is 11.1. The summed E-state index contributed by atoms with van der Waals surface area (Å²) >= 11 is 0. The van der Waals surface area contributed by atoms with Crippen LogP contribution in [0.1, 0.15) is 25.5 Å². The van der Waals surface area contributed by atoms with Gasteiger partial charge in [-0.2, -0.15) is 4.98 Å². The van der Waals surface area contributed by atoms with Gasteiger partial charge in [0, 0.05) is 23.0 Å². The highest BCUT2D eigenvalue weighted by molar-refractivity contribution is 6.05. The van der Waals surface area contributed by atoms with Gasteiger partial charge in [0.05, 0.1) is 12.2 Å². The fourth-order valence-corrected chi connectivity index (χ4v) is 4.06. The van der Waals surface area contributed by atoms with Crippen LogP contribution in [0.5, 0.6) is 5.75 Å². The molecule has 8 heteroatoms. The highest BCUT2D eigenvalue weighted by atomic mass is 16.5. The monoisotopic (exact) mass is 452 g/mol. The Hall–Kier alpha value is -4.46. The van der Waals surface area contributed by atoms with Gasteiger partial charge in [0.1, 0.15) is 17.6 Å². The molecule has 8 nitrogen and oxygen atoms in total. The lowest BCUT2D eigenvalue weighted by molar-refractivity contribution is -0.113. The lowest BCUT2D eigenvalue weighted by atomic mass is 9.94. The van der Waals surface area contributed by atoms with Crippen molar-refractivity contribution in [2.45, 2.75) is 19.9 Å². The normalized spacial score (nSPS) is 14.8. The average molecular weight is 453 g/mol. The molecule has 0 fully saturated rings. The number of carbonyl (C=O) groups excluding carboxylic acids is 1. The van der Waals surface area contributed by atoms with Crippen molar-refractivity contribution in [1.29, 1.82) is 0 Å². The van der Waals surface area contributed by atoms with E-state index in [1.165, 1.54) is 0 Å². The largest absolute Gasteiger partial charge is 0.494 e. The highest BCUT2D eigenvalue weighted by Gasteiger charge is 2.36. The fourth-order valence-electron chi connectivity index (χ4n) is 4.06. The van der Waals surface area contributed by atoms with Gasteiger partial charge in [-0.05, 0) is 32.0 Å². The Morgan fingerprint density at radius 2 is 1.82 bits per heavy atom. The molecule has 1 aliphatic rings. The summed E-state index contributed by atoms with van der Waals surface area (Å²) in [5.41, 5.74) is 2.90. The van der Waals surface area contributed by atoms with Crippen molar-refractivity contribution in [1.82, 2.24) is 19.7 Å². The summed E-state index contributed by atoms with van der Waals surface area (Å²) < 4.78 is 7.68. The molecule has 3 heterocycles. The zero-order valence-electron chi connectivity index (χ0n) is 18.9. The number of allylic oxidation sites excluding steroid dienone is 1. The number of para-hydroxylation sites is 1. The van der Waals surface area contributed by atoms with Crippen LogP contribution >= 0.6 is 0 Å². The molecule has 1 unspecified atom stereocenters. The van der Waals surface area contributed by atoms with Crippen LogP contribution < -0.4 is 15.4 Å².